The molecule has 0 atom stereocenters. The van der Waals surface area contributed by atoms with Crippen molar-refractivity contribution < 1.29 is 0 Å². The van der Waals surface area contributed by atoms with Crippen LogP contribution in [0.5, 0.6) is 0 Å². The van der Waals surface area contributed by atoms with E-state index in [-0.39, 0.29) is 0 Å². The topological polar surface area (TPSA) is 61.3 Å². The number of aromatic nitrogens is 4. The Morgan fingerprint density at radius 3 is 1.15 bits per heavy atom. The maximum atomic E-state index is 4.80. The Bertz CT molecular complexity index is 2250. The number of hydrogen-bond donors (Lipinski definition) is 0. The van der Waals surface area contributed by atoms with Crippen LogP contribution in [0, 0.1) is 0 Å². The Balaban J connectivity index is 1.38. The van der Waals surface area contributed by atoms with Gasteiger partial charge in [0, 0.05) is 64.6 Å². The van der Waals surface area contributed by atoms with Gasteiger partial charge >= 0.3 is 0 Å². The van der Waals surface area contributed by atoms with Gasteiger partial charge in [-0.05, 0) is 103 Å². The molecule has 47 heavy (non-hydrogen) atoms. The van der Waals surface area contributed by atoms with Gasteiger partial charge in [0.1, 0.15) is 11.0 Å². The van der Waals surface area contributed by atoms with Crippen LogP contribution in [-0.4, -0.2) is 19.9 Å². The van der Waals surface area contributed by atoms with Gasteiger partial charge in [-0.3, -0.25) is 19.9 Å². The van der Waals surface area contributed by atoms with Crippen LogP contribution in [0.4, 0.5) is 51.2 Å². The Hall–Kier alpha value is -6.60. The highest BCUT2D eigenvalue weighted by molar-refractivity contribution is 5.98. The summed E-state index contributed by atoms with van der Waals surface area (Å²) < 4.78 is 0. The highest BCUT2D eigenvalue weighted by Crippen LogP contribution is 2.46. The zero-order valence-corrected chi connectivity index (χ0v) is 25.2. The zero-order chi connectivity index (χ0) is 31.2. The molecule has 5 heterocycles. The van der Waals surface area contributed by atoms with E-state index in [1.54, 1.807) is 0 Å². The van der Waals surface area contributed by atoms with Crippen molar-refractivity contribution in [2.45, 2.75) is 0 Å². The van der Waals surface area contributed by atoms with Crippen LogP contribution in [0.15, 0.2) is 164 Å². The van der Waals surface area contributed by atoms with E-state index >= 15 is 0 Å². The minimum absolute atomic E-state index is 0.823. The second kappa shape index (κ2) is 11.1. The van der Waals surface area contributed by atoms with E-state index in [9.17, 15) is 0 Å². The number of rotatable bonds is 3. The number of nitrogens with zero attached hydrogens (tertiary/aromatic N) is 7. The van der Waals surface area contributed by atoms with Crippen LogP contribution < -0.4 is 14.7 Å². The predicted octanol–water partition coefficient (Wildman–Crippen LogP) is 10.3. The van der Waals surface area contributed by atoms with Gasteiger partial charge in [-0.15, -0.1) is 0 Å². The molecule has 9 rings (SSSR count). The highest BCUT2D eigenvalue weighted by Gasteiger charge is 2.24. The van der Waals surface area contributed by atoms with Gasteiger partial charge in [-0.1, -0.05) is 36.4 Å². The minimum Gasteiger partial charge on any atom is -0.310 e. The van der Waals surface area contributed by atoms with Crippen LogP contribution in [0.2, 0.25) is 0 Å². The van der Waals surface area contributed by atoms with Crippen LogP contribution in [-0.2, 0) is 0 Å². The first-order valence-electron chi connectivity index (χ1n) is 15.5. The first kappa shape index (κ1) is 26.8. The molecule has 0 N–H and O–H groups in total. The Labute approximate surface area is 271 Å². The molecule has 6 bridgehead atoms. The quantitative estimate of drug-likeness (QED) is 0.199. The molecule has 1 aliphatic rings. The summed E-state index contributed by atoms with van der Waals surface area (Å²) in [6, 6.07) is 48.3. The Morgan fingerprint density at radius 1 is 0.298 bits per heavy atom. The summed E-state index contributed by atoms with van der Waals surface area (Å²) in [5.74, 6) is 0. The number of pyridine rings is 4. The van der Waals surface area contributed by atoms with Crippen LogP contribution in [0.1, 0.15) is 0 Å². The van der Waals surface area contributed by atoms with E-state index in [4.69, 9.17) is 9.97 Å². The molecule has 7 nitrogen and oxygen atoms in total. The van der Waals surface area contributed by atoms with Crippen molar-refractivity contribution in [2.75, 3.05) is 14.7 Å². The lowest BCUT2D eigenvalue weighted by molar-refractivity contribution is 1.21. The number of fused-ring (bicyclic) bond motifs is 8. The maximum absolute atomic E-state index is 4.80. The van der Waals surface area contributed by atoms with Crippen molar-refractivity contribution >= 4 is 73.3 Å². The lowest BCUT2D eigenvalue weighted by Crippen LogP contribution is -2.17. The number of para-hydroxylation sites is 1. The summed E-state index contributed by atoms with van der Waals surface area (Å²) in [5.41, 5.74) is 12.3. The fraction of sp³-hybridized carbons (Fsp3) is 0. The summed E-state index contributed by atoms with van der Waals surface area (Å²) in [5, 5.41) is 0. The molecule has 4 aromatic heterocycles. The third-order valence-corrected chi connectivity index (χ3v) is 8.48. The number of benzene rings is 4. The van der Waals surface area contributed by atoms with Crippen molar-refractivity contribution in [3.8, 4) is 0 Å². The van der Waals surface area contributed by atoms with Crippen molar-refractivity contribution in [1.82, 2.24) is 19.9 Å². The van der Waals surface area contributed by atoms with E-state index in [1.165, 1.54) is 0 Å². The fourth-order valence-electron chi connectivity index (χ4n) is 6.48. The molecular weight excluding hydrogens is 578 g/mol. The number of anilines is 9. The van der Waals surface area contributed by atoms with E-state index in [0.717, 1.165) is 73.3 Å². The first-order chi connectivity index (χ1) is 23.3. The lowest BCUT2D eigenvalue weighted by atomic mass is 10.1. The molecule has 8 aromatic rings. The van der Waals surface area contributed by atoms with Crippen molar-refractivity contribution in [3.05, 3.63) is 164 Å². The summed E-state index contributed by atoms with van der Waals surface area (Å²) in [7, 11) is 0. The van der Waals surface area contributed by atoms with Crippen molar-refractivity contribution in [3.63, 3.8) is 0 Å². The smallest absolute Gasteiger partial charge is 0.113 e. The molecule has 7 heteroatoms. The summed E-state index contributed by atoms with van der Waals surface area (Å²) in [4.78, 5) is 25.7. The first-order valence-corrected chi connectivity index (χ1v) is 15.5. The van der Waals surface area contributed by atoms with E-state index in [0.29, 0.717) is 0 Å². The molecule has 0 saturated carbocycles. The van der Waals surface area contributed by atoms with Gasteiger partial charge in [-0.2, -0.15) is 0 Å². The van der Waals surface area contributed by atoms with Crippen LogP contribution >= 0.6 is 0 Å². The predicted molar refractivity (Wildman–Crippen MR) is 190 cm³/mol. The molecule has 0 amide bonds. The highest BCUT2D eigenvalue weighted by atomic mass is 15.2. The molecule has 0 spiro atoms. The molecular formula is C40H27N7. The normalized spacial score (nSPS) is 12.6. The maximum Gasteiger partial charge on any atom is 0.113 e. The lowest BCUT2D eigenvalue weighted by Gasteiger charge is -2.33. The minimum atomic E-state index is 0.823. The van der Waals surface area contributed by atoms with Crippen molar-refractivity contribution in [1.29, 1.82) is 0 Å². The van der Waals surface area contributed by atoms with Gasteiger partial charge in [0.05, 0.1) is 22.4 Å². The summed E-state index contributed by atoms with van der Waals surface area (Å²) in [6.45, 7) is 0. The van der Waals surface area contributed by atoms with Gasteiger partial charge in [0.2, 0.25) is 0 Å². The van der Waals surface area contributed by atoms with Gasteiger partial charge < -0.3 is 14.7 Å². The van der Waals surface area contributed by atoms with E-state index < -0.39 is 0 Å². The zero-order valence-electron chi connectivity index (χ0n) is 25.2. The van der Waals surface area contributed by atoms with Crippen LogP contribution in [0.25, 0.3) is 22.1 Å². The Morgan fingerprint density at radius 2 is 0.702 bits per heavy atom. The molecule has 0 fully saturated rings. The molecule has 0 saturated heterocycles. The average molecular weight is 606 g/mol. The largest absolute Gasteiger partial charge is 0.310 e. The summed E-state index contributed by atoms with van der Waals surface area (Å²) >= 11 is 0. The molecule has 0 aliphatic carbocycles. The van der Waals surface area contributed by atoms with Crippen molar-refractivity contribution in [2.24, 2.45) is 0 Å². The number of hydrogen-bond acceptors (Lipinski definition) is 7. The standard InChI is InChI=1S/C40H27N7/c1-2-9-28(10-3-1)45-29-11-4-13-31(25-29)46(37-19-23-41-35-17-7-21-43-39(35)37)33-15-6-16-34(27-33)47(32-14-5-12-30(45)26-32)38-20-24-42-36-18-8-22-44-40(36)38/h1-27H. The second-order valence-corrected chi connectivity index (χ2v) is 11.3. The molecule has 0 radical (unpaired) electrons. The fourth-order valence-corrected chi connectivity index (χ4v) is 6.48. The van der Waals surface area contributed by atoms with Crippen LogP contribution in [0.3, 0.4) is 0 Å². The average Bonchev–Trinajstić information content (AvgIpc) is 3.13. The third-order valence-electron chi connectivity index (χ3n) is 8.48. The second-order valence-electron chi connectivity index (χ2n) is 11.3. The van der Waals surface area contributed by atoms with E-state index in [1.807, 2.05) is 67.3 Å². The summed E-state index contributed by atoms with van der Waals surface area (Å²) in [6.07, 6.45) is 7.35. The van der Waals surface area contributed by atoms with Gasteiger partial charge in [0.15, 0.2) is 0 Å². The Kier molecular flexibility index (Phi) is 6.31. The molecule has 222 valence electrons. The third kappa shape index (κ3) is 4.60. The van der Waals surface area contributed by atoms with Gasteiger partial charge in [-0.25, -0.2) is 0 Å². The SMILES string of the molecule is c1ccc(N2c3cccc(c3)N(c3ccnc4cccnc34)c3cccc(c3)N(c3ccnc4cccnc34)c3cccc2c3)cc1. The monoisotopic (exact) mass is 605 g/mol. The molecule has 0 unspecified atom stereocenters. The van der Waals surface area contributed by atoms with E-state index in [2.05, 4.69) is 122 Å². The molecule has 1 aliphatic heterocycles. The van der Waals surface area contributed by atoms with Gasteiger partial charge in [0.25, 0.3) is 0 Å². The molecule has 4 aromatic carbocycles.